The maximum absolute atomic E-state index is 13.4. The van der Waals surface area contributed by atoms with Crippen LogP contribution in [0.3, 0.4) is 0 Å². The zero-order valence-corrected chi connectivity index (χ0v) is 10.8. The number of aldehydes is 1. The Morgan fingerprint density at radius 3 is 2.84 bits per heavy atom. The smallest absolute Gasteiger partial charge is 0.258 e. The molecule has 0 aliphatic heterocycles. The highest BCUT2D eigenvalue weighted by molar-refractivity contribution is 5.78. The summed E-state index contributed by atoms with van der Waals surface area (Å²) in [6, 6.07) is 3.62. The third kappa shape index (κ3) is 5.05. The fourth-order valence-electron chi connectivity index (χ4n) is 1.46. The summed E-state index contributed by atoms with van der Waals surface area (Å²) in [5.41, 5.74) is 0.211. The Kier molecular flexibility index (Phi) is 5.95. The summed E-state index contributed by atoms with van der Waals surface area (Å²) in [4.78, 5) is 21.9. The molecule has 1 amide bonds. The Morgan fingerprint density at radius 2 is 2.26 bits per heavy atom. The first-order chi connectivity index (χ1) is 9.06. The van der Waals surface area contributed by atoms with E-state index in [9.17, 15) is 14.0 Å². The van der Waals surface area contributed by atoms with Gasteiger partial charge in [-0.05, 0) is 25.1 Å². The average Bonchev–Trinajstić information content (AvgIpc) is 2.37. The summed E-state index contributed by atoms with van der Waals surface area (Å²) < 4.78 is 23.3. The van der Waals surface area contributed by atoms with E-state index in [2.05, 4.69) is 5.32 Å². The monoisotopic (exact) mass is 269 g/mol. The first-order valence-corrected chi connectivity index (χ1v) is 5.72. The minimum Gasteiger partial charge on any atom is -0.481 e. The van der Waals surface area contributed by atoms with Gasteiger partial charge in [0.15, 0.2) is 18.2 Å². The van der Waals surface area contributed by atoms with E-state index in [-0.39, 0.29) is 29.9 Å². The molecular formula is C13H16FNO4. The van der Waals surface area contributed by atoms with Gasteiger partial charge in [-0.1, -0.05) is 0 Å². The van der Waals surface area contributed by atoms with Gasteiger partial charge in [-0.2, -0.15) is 0 Å². The van der Waals surface area contributed by atoms with Gasteiger partial charge in [0.05, 0.1) is 6.61 Å². The second-order valence-electron chi connectivity index (χ2n) is 4.02. The lowest BCUT2D eigenvalue weighted by Crippen LogP contribution is -2.38. The predicted molar refractivity (Wildman–Crippen MR) is 66.8 cm³/mol. The lowest BCUT2D eigenvalue weighted by molar-refractivity contribution is -0.124. The molecule has 1 unspecified atom stereocenters. The van der Waals surface area contributed by atoms with Gasteiger partial charge in [-0.15, -0.1) is 0 Å². The Hall–Kier alpha value is -1.95. The standard InChI is InChI=1S/C13H16FNO4/c1-9(7-18-2)15-13(17)8-19-12-4-3-10(6-16)5-11(12)14/h3-6,9H,7-8H2,1-2H3,(H,15,17). The van der Waals surface area contributed by atoms with Crippen molar-refractivity contribution in [3.8, 4) is 5.75 Å². The van der Waals surface area contributed by atoms with Crippen molar-refractivity contribution >= 4 is 12.2 Å². The summed E-state index contributed by atoms with van der Waals surface area (Å²) in [6.45, 7) is 1.86. The molecule has 0 saturated heterocycles. The first-order valence-electron chi connectivity index (χ1n) is 5.72. The highest BCUT2D eigenvalue weighted by Crippen LogP contribution is 2.17. The topological polar surface area (TPSA) is 64.6 Å². The Labute approximate surface area is 110 Å². The zero-order valence-electron chi connectivity index (χ0n) is 10.8. The van der Waals surface area contributed by atoms with Gasteiger partial charge in [0.1, 0.15) is 6.29 Å². The molecule has 5 nitrogen and oxygen atoms in total. The zero-order chi connectivity index (χ0) is 14.3. The van der Waals surface area contributed by atoms with Crippen molar-refractivity contribution in [3.05, 3.63) is 29.6 Å². The molecule has 0 bridgehead atoms. The van der Waals surface area contributed by atoms with E-state index in [1.165, 1.54) is 19.2 Å². The second-order valence-corrected chi connectivity index (χ2v) is 4.02. The number of carbonyl (C=O) groups is 2. The number of hydrogen-bond donors (Lipinski definition) is 1. The highest BCUT2D eigenvalue weighted by Gasteiger charge is 2.10. The molecule has 0 fully saturated rings. The van der Waals surface area contributed by atoms with Crippen LogP contribution in [0.2, 0.25) is 0 Å². The molecule has 19 heavy (non-hydrogen) atoms. The Morgan fingerprint density at radius 1 is 1.53 bits per heavy atom. The number of benzene rings is 1. The van der Waals surface area contributed by atoms with Crippen molar-refractivity contribution in [3.63, 3.8) is 0 Å². The average molecular weight is 269 g/mol. The van der Waals surface area contributed by atoms with Gasteiger partial charge >= 0.3 is 0 Å². The number of nitrogens with one attached hydrogen (secondary N) is 1. The Bertz CT molecular complexity index is 450. The molecule has 0 radical (unpaired) electrons. The SMILES string of the molecule is COCC(C)NC(=O)COc1ccc(C=O)cc1F. The van der Waals surface area contributed by atoms with Crippen molar-refractivity contribution in [2.75, 3.05) is 20.3 Å². The quantitative estimate of drug-likeness (QED) is 0.755. The van der Waals surface area contributed by atoms with Crippen LogP contribution >= 0.6 is 0 Å². The van der Waals surface area contributed by atoms with E-state index in [1.807, 2.05) is 0 Å². The van der Waals surface area contributed by atoms with Crippen LogP contribution in [0.5, 0.6) is 5.75 Å². The van der Waals surface area contributed by atoms with Crippen molar-refractivity contribution in [2.24, 2.45) is 0 Å². The van der Waals surface area contributed by atoms with Gasteiger partial charge in [-0.3, -0.25) is 9.59 Å². The van der Waals surface area contributed by atoms with Crippen LogP contribution in [0.25, 0.3) is 0 Å². The first kappa shape index (κ1) is 15.1. The third-order valence-electron chi connectivity index (χ3n) is 2.27. The minimum absolute atomic E-state index is 0.0693. The normalized spacial score (nSPS) is 11.7. The summed E-state index contributed by atoms with van der Waals surface area (Å²) in [6.07, 6.45) is 0.534. The number of rotatable bonds is 7. The summed E-state index contributed by atoms with van der Waals surface area (Å²) in [5, 5.41) is 2.63. The van der Waals surface area contributed by atoms with Gasteiger partial charge < -0.3 is 14.8 Å². The number of carbonyl (C=O) groups excluding carboxylic acids is 2. The maximum Gasteiger partial charge on any atom is 0.258 e. The second kappa shape index (κ2) is 7.48. The van der Waals surface area contributed by atoms with E-state index in [4.69, 9.17) is 9.47 Å². The number of ether oxygens (including phenoxy) is 2. The lowest BCUT2D eigenvalue weighted by atomic mass is 10.2. The molecule has 1 aromatic carbocycles. The molecule has 1 atom stereocenters. The van der Waals surface area contributed by atoms with Crippen LogP contribution in [-0.2, 0) is 9.53 Å². The van der Waals surface area contributed by atoms with E-state index >= 15 is 0 Å². The lowest BCUT2D eigenvalue weighted by Gasteiger charge is -2.13. The van der Waals surface area contributed by atoms with Crippen LogP contribution in [0.15, 0.2) is 18.2 Å². The van der Waals surface area contributed by atoms with E-state index in [1.54, 1.807) is 6.92 Å². The molecule has 1 aromatic rings. The Balaban J connectivity index is 2.48. The van der Waals surface area contributed by atoms with Crippen molar-refractivity contribution in [1.29, 1.82) is 0 Å². The van der Waals surface area contributed by atoms with Crippen LogP contribution < -0.4 is 10.1 Å². The summed E-state index contributed by atoms with van der Waals surface area (Å²) >= 11 is 0. The van der Waals surface area contributed by atoms with Crippen LogP contribution in [0, 0.1) is 5.82 Å². The molecule has 0 aliphatic carbocycles. The molecule has 104 valence electrons. The molecule has 0 spiro atoms. The molecule has 6 heteroatoms. The number of hydrogen-bond acceptors (Lipinski definition) is 4. The van der Waals surface area contributed by atoms with Gasteiger partial charge in [0.2, 0.25) is 0 Å². The van der Waals surface area contributed by atoms with E-state index in [0.717, 1.165) is 6.07 Å². The van der Waals surface area contributed by atoms with Crippen LogP contribution in [0.4, 0.5) is 4.39 Å². The fourth-order valence-corrected chi connectivity index (χ4v) is 1.46. The van der Waals surface area contributed by atoms with Gasteiger partial charge in [-0.25, -0.2) is 4.39 Å². The molecule has 0 heterocycles. The molecule has 0 aromatic heterocycles. The van der Waals surface area contributed by atoms with Crippen LogP contribution in [0.1, 0.15) is 17.3 Å². The van der Waals surface area contributed by atoms with Crippen molar-refractivity contribution < 1.29 is 23.5 Å². The molecular weight excluding hydrogens is 253 g/mol. The third-order valence-corrected chi connectivity index (χ3v) is 2.27. The molecule has 0 aliphatic rings. The van der Waals surface area contributed by atoms with Crippen molar-refractivity contribution in [2.45, 2.75) is 13.0 Å². The van der Waals surface area contributed by atoms with Crippen LogP contribution in [-0.4, -0.2) is 38.6 Å². The summed E-state index contributed by atoms with van der Waals surface area (Å²) in [5.74, 6) is -1.12. The van der Waals surface area contributed by atoms with Gasteiger partial charge in [0.25, 0.3) is 5.91 Å². The summed E-state index contributed by atoms with van der Waals surface area (Å²) in [7, 11) is 1.53. The molecule has 1 N–H and O–H groups in total. The van der Waals surface area contributed by atoms with Crippen molar-refractivity contribution in [1.82, 2.24) is 5.32 Å². The van der Waals surface area contributed by atoms with Gasteiger partial charge in [0, 0.05) is 18.7 Å². The van der Waals surface area contributed by atoms with E-state index < -0.39 is 5.82 Å². The minimum atomic E-state index is -0.678. The van der Waals surface area contributed by atoms with E-state index in [0.29, 0.717) is 12.9 Å². The number of amides is 1. The predicted octanol–water partition coefficient (Wildman–Crippen LogP) is 1.17. The number of halogens is 1. The molecule has 1 rings (SSSR count). The maximum atomic E-state index is 13.4. The molecule has 0 saturated carbocycles. The largest absolute Gasteiger partial charge is 0.481 e. The number of methoxy groups -OCH3 is 1. The fraction of sp³-hybridized carbons (Fsp3) is 0.385. The highest BCUT2D eigenvalue weighted by atomic mass is 19.1.